The lowest BCUT2D eigenvalue weighted by Crippen LogP contribution is -2.52. The van der Waals surface area contributed by atoms with Crippen LogP contribution < -0.4 is 0 Å². The van der Waals surface area contributed by atoms with Gasteiger partial charge in [-0.3, -0.25) is 0 Å². The summed E-state index contributed by atoms with van der Waals surface area (Å²) in [5.41, 5.74) is 0.445. The second kappa shape index (κ2) is 4.57. The Morgan fingerprint density at radius 1 is 1.40 bits per heavy atom. The Bertz CT molecular complexity index is 698. The Labute approximate surface area is 115 Å². The van der Waals surface area contributed by atoms with Gasteiger partial charge in [0.1, 0.15) is 4.90 Å². The average molecular weight is 296 g/mol. The minimum Gasteiger partial charge on any atom is -0.480 e. The molecule has 3 rings (SSSR count). The van der Waals surface area contributed by atoms with Gasteiger partial charge in [-0.2, -0.15) is 8.42 Å². The van der Waals surface area contributed by atoms with Crippen molar-refractivity contribution in [1.82, 2.24) is 4.90 Å². The molecular formula is C12H12N2O5S. The molecule has 1 aromatic rings. The van der Waals surface area contributed by atoms with E-state index in [4.69, 9.17) is 4.74 Å². The summed E-state index contributed by atoms with van der Waals surface area (Å²) in [6.07, 6.45) is 0. The molecule has 20 heavy (non-hydrogen) atoms. The molecule has 0 radical (unpaired) electrons. The van der Waals surface area contributed by atoms with Crippen molar-refractivity contribution in [2.45, 2.75) is 10.9 Å². The zero-order valence-corrected chi connectivity index (χ0v) is 11.2. The summed E-state index contributed by atoms with van der Waals surface area (Å²) in [5, 5.41) is 9.22. The highest BCUT2D eigenvalue weighted by Gasteiger charge is 2.38. The Kier molecular flexibility index (Phi) is 2.98. The van der Waals surface area contributed by atoms with Crippen LogP contribution in [-0.2, 0) is 19.6 Å². The Hall–Kier alpha value is -1.93. The van der Waals surface area contributed by atoms with Gasteiger partial charge in [-0.25, -0.2) is 4.79 Å². The Balaban J connectivity index is 2.08. The maximum absolute atomic E-state index is 12.0. The van der Waals surface area contributed by atoms with E-state index >= 15 is 0 Å². The first kappa shape index (κ1) is 13.1. The number of aliphatic carboxylic acids is 1. The van der Waals surface area contributed by atoms with Crippen molar-refractivity contribution in [3.8, 4) is 0 Å². The molecule has 0 spiro atoms. The molecule has 1 fully saturated rings. The van der Waals surface area contributed by atoms with E-state index in [1.165, 1.54) is 11.0 Å². The van der Waals surface area contributed by atoms with Crippen LogP contribution in [0.5, 0.6) is 0 Å². The van der Waals surface area contributed by atoms with Gasteiger partial charge in [0.05, 0.1) is 13.2 Å². The molecule has 1 aromatic carbocycles. The molecule has 1 atom stereocenters. The second-order valence-electron chi connectivity index (χ2n) is 4.51. The molecule has 1 unspecified atom stereocenters. The number of carboxylic acid groups (broad SMARTS) is 1. The van der Waals surface area contributed by atoms with Gasteiger partial charge in [-0.1, -0.05) is 12.1 Å². The minimum atomic E-state index is -3.74. The van der Waals surface area contributed by atoms with Crippen molar-refractivity contribution in [3.05, 3.63) is 29.8 Å². The number of rotatable bonds is 1. The number of hydrogen-bond donors (Lipinski definition) is 1. The monoisotopic (exact) mass is 296 g/mol. The van der Waals surface area contributed by atoms with E-state index in [-0.39, 0.29) is 17.3 Å². The molecule has 106 valence electrons. The van der Waals surface area contributed by atoms with Crippen LogP contribution in [0.3, 0.4) is 0 Å². The molecule has 0 aliphatic carbocycles. The number of benzene rings is 1. The number of nitrogens with zero attached hydrogens (tertiary/aromatic N) is 2. The van der Waals surface area contributed by atoms with Gasteiger partial charge < -0.3 is 14.7 Å². The molecule has 8 heteroatoms. The van der Waals surface area contributed by atoms with Crippen molar-refractivity contribution < 1.29 is 23.1 Å². The molecule has 2 aliphatic heterocycles. The predicted octanol–water partition coefficient (Wildman–Crippen LogP) is -0.0791. The van der Waals surface area contributed by atoms with E-state index in [2.05, 4.69) is 4.40 Å². The van der Waals surface area contributed by atoms with E-state index in [9.17, 15) is 18.3 Å². The maximum Gasteiger partial charge on any atom is 0.328 e. The highest BCUT2D eigenvalue weighted by Crippen LogP contribution is 2.28. The fourth-order valence-electron chi connectivity index (χ4n) is 2.36. The van der Waals surface area contributed by atoms with Crippen molar-refractivity contribution in [2.24, 2.45) is 4.40 Å². The van der Waals surface area contributed by atoms with Crippen LogP contribution in [0.1, 0.15) is 5.56 Å². The van der Waals surface area contributed by atoms with Gasteiger partial charge in [-0.15, -0.1) is 4.40 Å². The first-order valence-electron chi connectivity index (χ1n) is 6.02. The van der Waals surface area contributed by atoms with Gasteiger partial charge in [0.15, 0.2) is 11.9 Å². The summed E-state index contributed by atoms with van der Waals surface area (Å²) in [6.45, 7) is 0.640. The van der Waals surface area contributed by atoms with E-state index in [1.54, 1.807) is 18.2 Å². The maximum atomic E-state index is 12.0. The molecular weight excluding hydrogens is 284 g/mol. The number of sulfonamides is 1. The number of carboxylic acids is 1. The fourth-order valence-corrected chi connectivity index (χ4v) is 3.57. The lowest BCUT2D eigenvalue weighted by atomic mass is 10.1. The van der Waals surface area contributed by atoms with Crippen molar-refractivity contribution in [3.63, 3.8) is 0 Å². The van der Waals surface area contributed by atoms with Gasteiger partial charge >= 0.3 is 5.97 Å². The zero-order valence-electron chi connectivity index (χ0n) is 10.4. The van der Waals surface area contributed by atoms with Crippen molar-refractivity contribution in [1.29, 1.82) is 0 Å². The molecule has 0 bridgehead atoms. The van der Waals surface area contributed by atoms with E-state index in [1.807, 2.05) is 0 Å². The van der Waals surface area contributed by atoms with Crippen molar-refractivity contribution >= 4 is 21.8 Å². The first-order chi connectivity index (χ1) is 9.50. The Morgan fingerprint density at radius 3 is 2.90 bits per heavy atom. The largest absolute Gasteiger partial charge is 0.480 e. The van der Waals surface area contributed by atoms with Gasteiger partial charge in [0.2, 0.25) is 0 Å². The third-order valence-electron chi connectivity index (χ3n) is 3.30. The lowest BCUT2D eigenvalue weighted by Gasteiger charge is -2.34. The predicted molar refractivity (Wildman–Crippen MR) is 69.1 cm³/mol. The molecule has 0 amide bonds. The fraction of sp³-hybridized carbons (Fsp3) is 0.333. The summed E-state index contributed by atoms with van der Waals surface area (Å²) in [4.78, 5) is 12.9. The standard InChI is InChI=1S/C12H12N2O5S/c15-12(16)9-7-19-6-5-14(9)11-8-3-1-2-4-10(8)20(17,18)13-11/h1-4,9H,5-7H2,(H,15,16). The SMILES string of the molecule is O=C(O)C1COCCN1C1=NS(=O)(=O)c2ccccc21. The summed E-state index contributed by atoms with van der Waals surface area (Å²) in [7, 11) is -3.74. The van der Waals surface area contributed by atoms with E-state index < -0.39 is 22.0 Å². The number of fused-ring (bicyclic) bond motifs is 1. The zero-order chi connectivity index (χ0) is 14.3. The summed E-state index contributed by atoms with van der Waals surface area (Å²) < 4.78 is 32.9. The normalized spacial score (nSPS) is 24.1. The topological polar surface area (TPSA) is 96.3 Å². The number of amidine groups is 1. The third kappa shape index (κ3) is 1.97. The molecule has 2 heterocycles. The van der Waals surface area contributed by atoms with Crippen molar-refractivity contribution in [2.75, 3.05) is 19.8 Å². The van der Waals surface area contributed by atoms with Gasteiger partial charge in [0, 0.05) is 12.1 Å². The van der Waals surface area contributed by atoms with Crippen LogP contribution in [0.15, 0.2) is 33.6 Å². The highest BCUT2D eigenvalue weighted by molar-refractivity contribution is 7.90. The number of morpholine rings is 1. The highest BCUT2D eigenvalue weighted by atomic mass is 32.2. The number of hydrogen-bond acceptors (Lipinski definition) is 5. The Morgan fingerprint density at radius 2 is 2.15 bits per heavy atom. The molecule has 0 saturated carbocycles. The van der Waals surface area contributed by atoms with Gasteiger partial charge in [-0.05, 0) is 12.1 Å². The lowest BCUT2D eigenvalue weighted by molar-refractivity contribution is -0.146. The van der Waals surface area contributed by atoms with Crippen LogP contribution in [0.2, 0.25) is 0 Å². The van der Waals surface area contributed by atoms with Crippen LogP contribution in [0.4, 0.5) is 0 Å². The van der Waals surface area contributed by atoms with Crippen LogP contribution in [-0.4, -0.2) is 56.0 Å². The third-order valence-corrected chi connectivity index (χ3v) is 4.62. The minimum absolute atomic E-state index is 0.0105. The molecule has 0 aromatic heterocycles. The molecule has 2 aliphatic rings. The smallest absolute Gasteiger partial charge is 0.328 e. The summed E-state index contributed by atoms with van der Waals surface area (Å²) in [6, 6.07) is 5.49. The number of carbonyl (C=O) groups is 1. The van der Waals surface area contributed by atoms with E-state index in [0.717, 1.165) is 0 Å². The second-order valence-corrected chi connectivity index (χ2v) is 6.08. The van der Waals surface area contributed by atoms with Crippen LogP contribution in [0, 0.1) is 0 Å². The quantitative estimate of drug-likeness (QED) is 0.778. The summed E-state index contributed by atoms with van der Waals surface area (Å²) in [5.74, 6) is -0.870. The van der Waals surface area contributed by atoms with Crippen LogP contribution in [0.25, 0.3) is 0 Å². The molecule has 7 nitrogen and oxygen atoms in total. The van der Waals surface area contributed by atoms with Crippen LogP contribution >= 0.6 is 0 Å². The van der Waals surface area contributed by atoms with Gasteiger partial charge in [0.25, 0.3) is 10.0 Å². The van der Waals surface area contributed by atoms with E-state index in [0.29, 0.717) is 18.7 Å². The average Bonchev–Trinajstić information content (AvgIpc) is 2.71. The molecule has 1 saturated heterocycles. The number of ether oxygens (including phenoxy) is 1. The first-order valence-corrected chi connectivity index (χ1v) is 7.46. The molecule has 1 N–H and O–H groups in total. The summed E-state index contributed by atoms with van der Waals surface area (Å²) >= 11 is 0.